The smallest absolute Gasteiger partial charge is 0.264 e. The molecule has 0 bridgehead atoms. The third-order valence-electron chi connectivity index (χ3n) is 6.12. The highest BCUT2D eigenvalue weighted by Gasteiger charge is 2.32. The number of hydrogen-bond acceptors (Lipinski definition) is 4. The van der Waals surface area contributed by atoms with E-state index in [4.69, 9.17) is 11.6 Å². The van der Waals surface area contributed by atoms with Crippen LogP contribution in [0.3, 0.4) is 0 Å². The lowest BCUT2D eigenvalue weighted by Gasteiger charge is -2.32. The van der Waals surface area contributed by atoms with E-state index in [1.165, 1.54) is 23.1 Å². The summed E-state index contributed by atoms with van der Waals surface area (Å²) in [5, 5.41) is 3.25. The number of carbonyl (C=O) groups excluding carboxylic acids is 2. The summed E-state index contributed by atoms with van der Waals surface area (Å²) in [5.41, 5.74) is 1.03. The lowest BCUT2D eigenvalue weighted by molar-refractivity contribution is -0.139. The van der Waals surface area contributed by atoms with Crippen molar-refractivity contribution in [1.82, 2.24) is 10.2 Å². The first-order chi connectivity index (χ1) is 18.0. The van der Waals surface area contributed by atoms with Gasteiger partial charge in [-0.2, -0.15) is 0 Å². The van der Waals surface area contributed by atoms with Crippen LogP contribution < -0.4 is 9.62 Å². The maximum atomic E-state index is 13.9. The number of amides is 2. The molecule has 0 aliphatic heterocycles. The summed E-state index contributed by atoms with van der Waals surface area (Å²) in [6, 6.07) is 20.7. The number of nitrogens with zero attached hydrogens (tertiary/aromatic N) is 2. The van der Waals surface area contributed by atoms with Crippen molar-refractivity contribution in [2.45, 2.75) is 50.7 Å². The zero-order valence-electron chi connectivity index (χ0n) is 21.5. The van der Waals surface area contributed by atoms with Gasteiger partial charge >= 0.3 is 0 Å². The second kappa shape index (κ2) is 13.3. The molecule has 3 rings (SSSR count). The SMILES string of the molecule is CC[C@@H](C)NC(=O)[C@@H](C)N(Cc1cccc(Br)c1)C(=O)CN(c1cccc(Cl)c1)S(=O)(=O)c1ccccc1. The zero-order chi connectivity index (χ0) is 27.9. The molecule has 1 N–H and O–H groups in total. The van der Waals surface area contributed by atoms with Crippen LogP contribution >= 0.6 is 27.5 Å². The second-order valence-electron chi connectivity index (χ2n) is 8.95. The van der Waals surface area contributed by atoms with E-state index in [0.29, 0.717) is 5.02 Å². The molecule has 38 heavy (non-hydrogen) atoms. The van der Waals surface area contributed by atoms with Crippen molar-refractivity contribution >= 4 is 55.1 Å². The van der Waals surface area contributed by atoms with Crippen LogP contribution in [-0.4, -0.2) is 43.8 Å². The maximum absolute atomic E-state index is 13.9. The second-order valence-corrected chi connectivity index (χ2v) is 12.2. The van der Waals surface area contributed by atoms with Crippen LogP contribution in [-0.2, 0) is 26.2 Å². The van der Waals surface area contributed by atoms with Gasteiger partial charge < -0.3 is 10.2 Å². The van der Waals surface area contributed by atoms with Gasteiger partial charge in [0.1, 0.15) is 12.6 Å². The predicted octanol–water partition coefficient (Wildman–Crippen LogP) is 5.63. The standard InChI is InChI=1S/C28H31BrClN3O4S/c1-4-20(2)31-28(35)21(3)32(18-22-10-8-11-23(29)16-22)27(34)19-33(25-13-9-12-24(30)17-25)38(36,37)26-14-6-5-7-15-26/h5-17,20-21H,4,18-19H2,1-3H3,(H,31,35)/t20-,21-/m1/s1. The van der Waals surface area contributed by atoms with Gasteiger partial charge in [-0.15, -0.1) is 0 Å². The van der Waals surface area contributed by atoms with Crippen LogP contribution in [0.2, 0.25) is 5.02 Å². The molecular weight excluding hydrogens is 590 g/mol. The van der Waals surface area contributed by atoms with Crippen molar-refractivity contribution in [2.24, 2.45) is 0 Å². The van der Waals surface area contributed by atoms with Crippen LogP contribution in [0.5, 0.6) is 0 Å². The highest BCUT2D eigenvalue weighted by atomic mass is 79.9. The van der Waals surface area contributed by atoms with Crippen molar-refractivity contribution < 1.29 is 18.0 Å². The molecule has 10 heteroatoms. The topological polar surface area (TPSA) is 86.8 Å². The number of nitrogens with one attached hydrogen (secondary N) is 1. The Kier molecular flexibility index (Phi) is 10.4. The Morgan fingerprint density at radius 2 is 1.66 bits per heavy atom. The summed E-state index contributed by atoms with van der Waals surface area (Å²) in [7, 11) is -4.13. The quantitative estimate of drug-likeness (QED) is 0.301. The van der Waals surface area contributed by atoms with Crippen molar-refractivity contribution in [2.75, 3.05) is 10.8 Å². The number of hydrogen-bond donors (Lipinski definition) is 1. The van der Waals surface area contributed by atoms with E-state index >= 15 is 0 Å². The third kappa shape index (κ3) is 7.58. The van der Waals surface area contributed by atoms with Gasteiger partial charge in [-0.1, -0.05) is 70.9 Å². The first-order valence-electron chi connectivity index (χ1n) is 12.2. The van der Waals surface area contributed by atoms with Gasteiger partial charge in [0.2, 0.25) is 11.8 Å². The number of halogens is 2. The van der Waals surface area contributed by atoms with Gasteiger partial charge in [-0.3, -0.25) is 13.9 Å². The average Bonchev–Trinajstić information content (AvgIpc) is 2.90. The minimum absolute atomic E-state index is 0.0360. The molecule has 3 aromatic carbocycles. The van der Waals surface area contributed by atoms with E-state index in [2.05, 4.69) is 21.2 Å². The highest BCUT2D eigenvalue weighted by molar-refractivity contribution is 9.10. The third-order valence-corrected chi connectivity index (χ3v) is 8.63. The number of anilines is 1. The summed E-state index contributed by atoms with van der Waals surface area (Å²) in [6.45, 7) is 5.08. The van der Waals surface area contributed by atoms with Gasteiger partial charge in [0.25, 0.3) is 10.0 Å². The number of rotatable bonds is 11. The van der Waals surface area contributed by atoms with Crippen LogP contribution in [0.25, 0.3) is 0 Å². The van der Waals surface area contributed by atoms with Crippen molar-refractivity contribution in [3.8, 4) is 0 Å². The molecule has 0 saturated carbocycles. The fourth-order valence-electron chi connectivity index (χ4n) is 3.76. The van der Waals surface area contributed by atoms with E-state index in [1.807, 2.05) is 38.1 Å². The molecular formula is C28H31BrClN3O4S. The van der Waals surface area contributed by atoms with Crippen LogP contribution in [0.4, 0.5) is 5.69 Å². The number of sulfonamides is 1. The van der Waals surface area contributed by atoms with Gasteiger partial charge in [0.15, 0.2) is 0 Å². The van der Waals surface area contributed by atoms with Crippen molar-refractivity contribution in [3.63, 3.8) is 0 Å². The molecule has 0 radical (unpaired) electrons. The van der Waals surface area contributed by atoms with Gasteiger partial charge in [-0.25, -0.2) is 8.42 Å². The largest absolute Gasteiger partial charge is 0.352 e. The molecule has 0 unspecified atom stereocenters. The number of benzene rings is 3. The van der Waals surface area contributed by atoms with E-state index in [1.54, 1.807) is 43.3 Å². The highest BCUT2D eigenvalue weighted by Crippen LogP contribution is 2.27. The summed E-state index contributed by atoms with van der Waals surface area (Å²) in [6.07, 6.45) is 0.732. The van der Waals surface area contributed by atoms with E-state index in [9.17, 15) is 18.0 Å². The molecule has 0 saturated heterocycles. The van der Waals surface area contributed by atoms with Gasteiger partial charge in [0.05, 0.1) is 10.6 Å². The fourth-order valence-corrected chi connectivity index (χ4v) is 5.82. The molecule has 0 heterocycles. The van der Waals surface area contributed by atoms with E-state index < -0.39 is 28.5 Å². The fraction of sp³-hybridized carbons (Fsp3) is 0.286. The summed E-state index contributed by atoms with van der Waals surface area (Å²) in [4.78, 5) is 28.4. The minimum Gasteiger partial charge on any atom is -0.352 e. The lowest BCUT2D eigenvalue weighted by atomic mass is 10.1. The van der Waals surface area contributed by atoms with Crippen LogP contribution in [0.15, 0.2) is 88.2 Å². The monoisotopic (exact) mass is 619 g/mol. The Labute approximate surface area is 238 Å². The van der Waals surface area contributed by atoms with Crippen LogP contribution in [0.1, 0.15) is 32.8 Å². The zero-order valence-corrected chi connectivity index (χ0v) is 24.6. The minimum atomic E-state index is -4.13. The normalized spacial score (nSPS) is 12.9. The Hall–Kier alpha value is -2.88. The van der Waals surface area contributed by atoms with Gasteiger partial charge in [-0.05, 0) is 68.3 Å². The van der Waals surface area contributed by atoms with Crippen molar-refractivity contribution in [1.29, 1.82) is 0 Å². The first kappa shape index (κ1) is 29.7. The molecule has 0 aliphatic carbocycles. The van der Waals surface area contributed by atoms with Crippen LogP contribution in [0, 0.1) is 0 Å². The van der Waals surface area contributed by atoms with Crippen molar-refractivity contribution in [3.05, 3.63) is 93.9 Å². The summed E-state index contributed by atoms with van der Waals surface area (Å²) < 4.78 is 29.3. The van der Waals surface area contributed by atoms with E-state index in [-0.39, 0.29) is 29.1 Å². The van der Waals surface area contributed by atoms with Gasteiger partial charge in [0, 0.05) is 22.1 Å². The molecule has 3 aromatic rings. The molecule has 0 aliphatic rings. The number of carbonyl (C=O) groups is 2. The molecule has 202 valence electrons. The molecule has 2 amide bonds. The Balaban J connectivity index is 2.02. The lowest BCUT2D eigenvalue weighted by Crippen LogP contribution is -2.52. The molecule has 7 nitrogen and oxygen atoms in total. The Bertz CT molecular complexity index is 1370. The summed E-state index contributed by atoms with van der Waals surface area (Å²) >= 11 is 9.63. The molecule has 0 aromatic heterocycles. The average molecular weight is 621 g/mol. The maximum Gasteiger partial charge on any atom is 0.264 e. The molecule has 0 spiro atoms. The first-order valence-corrected chi connectivity index (χ1v) is 14.8. The Morgan fingerprint density at radius 1 is 0.974 bits per heavy atom. The Morgan fingerprint density at radius 3 is 2.29 bits per heavy atom. The molecule has 0 fully saturated rings. The van der Waals surface area contributed by atoms with E-state index in [0.717, 1.165) is 20.8 Å². The predicted molar refractivity (Wildman–Crippen MR) is 154 cm³/mol. The summed E-state index contributed by atoms with van der Waals surface area (Å²) in [5.74, 6) is -0.848. The molecule has 2 atom stereocenters.